The zero-order chi connectivity index (χ0) is 14.3. The largest absolute Gasteiger partial charge is 0.396 e. The molecule has 1 aromatic carbocycles. The van der Waals surface area contributed by atoms with Gasteiger partial charge in [-0.15, -0.1) is 0 Å². The molecule has 0 unspecified atom stereocenters. The number of para-hydroxylation sites is 1. The smallest absolute Gasteiger partial charge is 0.186 e. The molecule has 2 N–H and O–H groups in total. The Hall–Kier alpha value is -1.85. The number of fused-ring (bicyclic) bond motifs is 1. The van der Waals surface area contributed by atoms with Crippen LogP contribution in [0.15, 0.2) is 30.5 Å². The Labute approximate surface area is 123 Å². The van der Waals surface area contributed by atoms with Gasteiger partial charge < -0.3 is 20.1 Å². The number of pyridine rings is 1. The number of nitrogens with zero attached hydrogens (tertiary/aromatic N) is 2. The van der Waals surface area contributed by atoms with E-state index in [4.69, 9.17) is 15.2 Å². The second-order valence-corrected chi connectivity index (χ2v) is 5.71. The molecule has 21 heavy (non-hydrogen) atoms. The van der Waals surface area contributed by atoms with Crippen LogP contribution in [-0.4, -0.2) is 37.1 Å². The topological polar surface area (TPSA) is 60.6 Å². The lowest BCUT2D eigenvalue weighted by Gasteiger charge is -2.40. The minimum absolute atomic E-state index is 0.449. The first-order chi connectivity index (χ1) is 10.3. The van der Waals surface area contributed by atoms with Gasteiger partial charge in [0.1, 0.15) is 0 Å². The fourth-order valence-electron chi connectivity index (χ4n) is 3.41. The van der Waals surface area contributed by atoms with Crippen molar-refractivity contribution in [3.8, 4) is 0 Å². The maximum absolute atomic E-state index is 6.22. The molecule has 110 valence electrons. The van der Waals surface area contributed by atoms with Crippen LogP contribution in [0, 0.1) is 0 Å². The van der Waals surface area contributed by atoms with Crippen molar-refractivity contribution in [3.05, 3.63) is 30.5 Å². The molecule has 2 saturated heterocycles. The highest BCUT2D eigenvalue weighted by Gasteiger charge is 2.41. The number of anilines is 2. The van der Waals surface area contributed by atoms with Crippen molar-refractivity contribution < 1.29 is 9.47 Å². The van der Waals surface area contributed by atoms with E-state index in [1.54, 1.807) is 6.20 Å². The normalized spacial score (nSPS) is 21.2. The zero-order valence-electron chi connectivity index (χ0n) is 11.9. The number of nitrogens with two attached hydrogens (primary N) is 1. The van der Waals surface area contributed by atoms with Crippen molar-refractivity contribution in [2.75, 3.05) is 36.9 Å². The first-order valence-corrected chi connectivity index (χ1v) is 7.44. The third kappa shape index (κ3) is 2.13. The molecule has 0 radical (unpaired) electrons. The summed E-state index contributed by atoms with van der Waals surface area (Å²) < 4.78 is 11.7. The quantitative estimate of drug-likeness (QED) is 0.870. The third-order valence-electron chi connectivity index (χ3n) is 4.32. The zero-order valence-corrected chi connectivity index (χ0v) is 11.9. The summed E-state index contributed by atoms with van der Waals surface area (Å²) in [6.45, 7) is 3.05. The number of ether oxygens (including phenoxy) is 2. The van der Waals surface area contributed by atoms with E-state index in [0.29, 0.717) is 18.9 Å². The van der Waals surface area contributed by atoms with Gasteiger partial charge in [0.05, 0.1) is 42.8 Å². The molecule has 2 aromatic rings. The van der Waals surface area contributed by atoms with Crippen LogP contribution in [0.4, 0.5) is 11.4 Å². The van der Waals surface area contributed by atoms with E-state index in [0.717, 1.165) is 42.5 Å². The molecule has 1 spiro atoms. The summed E-state index contributed by atoms with van der Waals surface area (Å²) in [6, 6.07) is 8.11. The third-order valence-corrected chi connectivity index (χ3v) is 4.32. The molecule has 0 amide bonds. The molecule has 1 aromatic heterocycles. The Morgan fingerprint density at radius 3 is 2.86 bits per heavy atom. The standard InChI is InChI=1S/C16H19N3O2/c17-13-10-18-14-5-2-1-4-12(14)15(13)19-7-3-6-16(11-19)20-8-9-21-16/h1-2,4-5,10H,3,6-9,11,17H2. The molecule has 2 aliphatic heterocycles. The van der Waals surface area contributed by atoms with Gasteiger partial charge in [-0.25, -0.2) is 0 Å². The van der Waals surface area contributed by atoms with Crippen molar-refractivity contribution in [3.63, 3.8) is 0 Å². The van der Waals surface area contributed by atoms with Crippen LogP contribution in [-0.2, 0) is 9.47 Å². The van der Waals surface area contributed by atoms with Gasteiger partial charge in [-0.05, 0) is 12.5 Å². The lowest BCUT2D eigenvalue weighted by molar-refractivity contribution is -0.160. The van der Waals surface area contributed by atoms with Crippen molar-refractivity contribution in [1.82, 2.24) is 4.98 Å². The number of hydrogen-bond donors (Lipinski definition) is 1. The first kappa shape index (κ1) is 12.9. The Balaban J connectivity index is 1.77. The van der Waals surface area contributed by atoms with Crippen LogP contribution < -0.4 is 10.6 Å². The fourth-order valence-corrected chi connectivity index (χ4v) is 3.41. The van der Waals surface area contributed by atoms with Crippen molar-refractivity contribution >= 4 is 22.3 Å². The van der Waals surface area contributed by atoms with Crippen LogP contribution in [0.25, 0.3) is 10.9 Å². The van der Waals surface area contributed by atoms with Gasteiger partial charge in [0.2, 0.25) is 0 Å². The van der Waals surface area contributed by atoms with Gasteiger partial charge in [0.15, 0.2) is 5.79 Å². The lowest BCUT2D eigenvalue weighted by atomic mass is 10.0. The van der Waals surface area contributed by atoms with Crippen LogP contribution in [0.5, 0.6) is 0 Å². The van der Waals surface area contributed by atoms with Gasteiger partial charge in [0.25, 0.3) is 0 Å². The summed E-state index contributed by atoms with van der Waals surface area (Å²) in [4.78, 5) is 6.70. The predicted octanol–water partition coefficient (Wildman–Crippen LogP) is 2.16. The summed E-state index contributed by atoms with van der Waals surface area (Å²) in [6.07, 6.45) is 3.73. The maximum Gasteiger partial charge on any atom is 0.186 e. The Kier molecular flexibility index (Phi) is 2.97. The summed E-state index contributed by atoms with van der Waals surface area (Å²) in [5, 5.41) is 1.09. The Morgan fingerprint density at radius 2 is 2.00 bits per heavy atom. The van der Waals surface area contributed by atoms with Gasteiger partial charge >= 0.3 is 0 Å². The van der Waals surface area contributed by atoms with Gasteiger partial charge in [-0.1, -0.05) is 18.2 Å². The first-order valence-electron chi connectivity index (χ1n) is 7.44. The van der Waals surface area contributed by atoms with Crippen LogP contribution >= 0.6 is 0 Å². The minimum Gasteiger partial charge on any atom is -0.396 e. The Bertz CT molecular complexity index is 668. The molecule has 0 saturated carbocycles. The van der Waals surface area contributed by atoms with Crippen molar-refractivity contribution in [2.24, 2.45) is 0 Å². The second-order valence-electron chi connectivity index (χ2n) is 5.71. The van der Waals surface area contributed by atoms with E-state index in [2.05, 4.69) is 16.0 Å². The average Bonchev–Trinajstić information content (AvgIpc) is 2.95. The molecule has 2 fully saturated rings. The lowest BCUT2D eigenvalue weighted by Crippen LogP contribution is -2.49. The van der Waals surface area contributed by atoms with E-state index < -0.39 is 5.79 Å². The summed E-state index contributed by atoms with van der Waals surface area (Å²) >= 11 is 0. The van der Waals surface area contributed by atoms with Crippen molar-refractivity contribution in [1.29, 1.82) is 0 Å². The summed E-state index contributed by atoms with van der Waals surface area (Å²) in [5.74, 6) is -0.449. The molecule has 5 nitrogen and oxygen atoms in total. The number of nitrogen functional groups attached to an aromatic ring is 1. The summed E-state index contributed by atoms with van der Waals surface area (Å²) in [7, 11) is 0. The predicted molar refractivity (Wildman–Crippen MR) is 82.2 cm³/mol. The van der Waals surface area contributed by atoms with E-state index in [1.807, 2.05) is 18.2 Å². The SMILES string of the molecule is Nc1cnc2ccccc2c1N1CCCC2(C1)OCCO2. The van der Waals surface area contributed by atoms with Crippen molar-refractivity contribution in [2.45, 2.75) is 18.6 Å². The Morgan fingerprint density at radius 1 is 1.19 bits per heavy atom. The van der Waals surface area contributed by atoms with E-state index in [1.165, 1.54) is 0 Å². The van der Waals surface area contributed by atoms with Gasteiger partial charge in [0, 0.05) is 18.4 Å². The van der Waals surface area contributed by atoms with Gasteiger partial charge in [-0.2, -0.15) is 0 Å². The average molecular weight is 285 g/mol. The number of benzene rings is 1. The van der Waals surface area contributed by atoms with Gasteiger partial charge in [-0.3, -0.25) is 4.98 Å². The van der Waals surface area contributed by atoms with E-state index >= 15 is 0 Å². The number of hydrogen-bond acceptors (Lipinski definition) is 5. The van der Waals surface area contributed by atoms with Crippen LogP contribution in [0.1, 0.15) is 12.8 Å². The van der Waals surface area contributed by atoms with E-state index in [-0.39, 0.29) is 0 Å². The number of rotatable bonds is 1. The molecule has 0 bridgehead atoms. The molecule has 5 heteroatoms. The molecule has 4 rings (SSSR count). The number of aromatic nitrogens is 1. The highest BCUT2D eigenvalue weighted by Crippen LogP contribution is 2.37. The van der Waals surface area contributed by atoms with Crippen LogP contribution in [0.3, 0.4) is 0 Å². The molecule has 2 aliphatic rings. The maximum atomic E-state index is 6.22. The molecule has 3 heterocycles. The minimum atomic E-state index is -0.449. The highest BCUT2D eigenvalue weighted by molar-refractivity contribution is 5.97. The van der Waals surface area contributed by atoms with E-state index in [9.17, 15) is 0 Å². The highest BCUT2D eigenvalue weighted by atomic mass is 16.7. The molecular formula is C16H19N3O2. The van der Waals surface area contributed by atoms with Crippen LogP contribution in [0.2, 0.25) is 0 Å². The second kappa shape index (κ2) is 4.86. The number of piperidine rings is 1. The molecule has 0 aliphatic carbocycles. The molecule has 0 atom stereocenters. The molecular weight excluding hydrogens is 266 g/mol. The monoisotopic (exact) mass is 285 g/mol. The fraction of sp³-hybridized carbons (Fsp3) is 0.438. The summed E-state index contributed by atoms with van der Waals surface area (Å²) in [5.41, 5.74) is 8.95.